The summed E-state index contributed by atoms with van der Waals surface area (Å²) < 4.78 is 22.4. The minimum absolute atomic E-state index is 0.273. The van der Waals surface area contributed by atoms with Gasteiger partial charge in [-0.05, 0) is 0 Å². The van der Waals surface area contributed by atoms with E-state index in [1.807, 2.05) is 30.3 Å². The van der Waals surface area contributed by atoms with Gasteiger partial charge in [0, 0.05) is 12.7 Å². The van der Waals surface area contributed by atoms with Crippen LogP contribution in [0.3, 0.4) is 0 Å². The number of benzene rings is 1. The van der Waals surface area contributed by atoms with Crippen molar-refractivity contribution in [2.75, 3.05) is 13.7 Å². The summed E-state index contributed by atoms with van der Waals surface area (Å²) in [5.41, 5.74) is 0.863. The van der Waals surface area contributed by atoms with Crippen LogP contribution in [0.4, 0.5) is 0 Å². The van der Waals surface area contributed by atoms with Gasteiger partial charge in [-0.1, -0.05) is 30.3 Å². The van der Waals surface area contributed by atoms with Gasteiger partial charge in [0.15, 0.2) is 12.6 Å². The standard InChI is InChI=1S/C15H19NO6/c1-19-15-11(16-8-17)12(18)13-10(21-15)7-20-14(22-13)9-5-3-2-4-6-9/h2-6,8,10-15,18H,7H2,1H3,(H,16,17)/t10-,11-,12-,13-,14-,15-/m1/s1. The maximum absolute atomic E-state index is 10.7. The summed E-state index contributed by atoms with van der Waals surface area (Å²) in [7, 11) is 1.45. The van der Waals surface area contributed by atoms with Gasteiger partial charge < -0.3 is 29.4 Å². The second-order valence-electron chi connectivity index (χ2n) is 5.26. The van der Waals surface area contributed by atoms with E-state index in [2.05, 4.69) is 5.32 Å². The largest absolute Gasteiger partial charge is 0.388 e. The molecule has 2 N–H and O–H groups in total. The molecule has 0 aliphatic carbocycles. The van der Waals surface area contributed by atoms with E-state index in [1.165, 1.54) is 7.11 Å². The molecule has 7 nitrogen and oxygen atoms in total. The zero-order chi connectivity index (χ0) is 15.5. The second-order valence-corrected chi connectivity index (χ2v) is 5.26. The highest BCUT2D eigenvalue weighted by Gasteiger charge is 2.49. The summed E-state index contributed by atoms with van der Waals surface area (Å²) in [6.07, 6.45) is -2.83. The van der Waals surface area contributed by atoms with E-state index in [9.17, 15) is 9.90 Å². The van der Waals surface area contributed by atoms with Crippen molar-refractivity contribution in [2.45, 2.75) is 36.9 Å². The van der Waals surface area contributed by atoms with Crippen LogP contribution in [0.25, 0.3) is 0 Å². The molecular weight excluding hydrogens is 290 g/mol. The fraction of sp³-hybridized carbons (Fsp3) is 0.533. The number of nitrogens with one attached hydrogen (secondary N) is 1. The summed E-state index contributed by atoms with van der Waals surface area (Å²) in [6, 6.07) is 8.76. The molecule has 0 bridgehead atoms. The first-order chi connectivity index (χ1) is 10.7. The minimum atomic E-state index is -0.955. The summed E-state index contributed by atoms with van der Waals surface area (Å²) >= 11 is 0. The summed E-state index contributed by atoms with van der Waals surface area (Å²) in [6.45, 7) is 0.273. The van der Waals surface area contributed by atoms with Crippen molar-refractivity contribution < 1.29 is 28.8 Å². The van der Waals surface area contributed by atoms with Gasteiger partial charge in [-0.25, -0.2) is 0 Å². The van der Waals surface area contributed by atoms with Gasteiger partial charge in [-0.2, -0.15) is 0 Å². The number of methoxy groups -OCH3 is 1. The predicted octanol–water partition coefficient (Wildman–Crippen LogP) is -0.0526. The van der Waals surface area contributed by atoms with Gasteiger partial charge in [0.2, 0.25) is 6.41 Å². The Morgan fingerprint density at radius 2 is 2.09 bits per heavy atom. The first-order valence-electron chi connectivity index (χ1n) is 7.12. The van der Waals surface area contributed by atoms with E-state index in [1.54, 1.807) is 0 Å². The molecule has 6 atom stereocenters. The summed E-state index contributed by atoms with van der Waals surface area (Å²) in [5, 5.41) is 13.0. The lowest BCUT2D eigenvalue weighted by Gasteiger charge is -2.47. The lowest BCUT2D eigenvalue weighted by Crippen LogP contribution is -2.65. The average molecular weight is 309 g/mol. The van der Waals surface area contributed by atoms with Gasteiger partial charge in [-0.15, -0.1) is 0 Å². The Balaban J connectivity index is 1.76. The first kappa shape index (κ1) is 15.4. The molecule has 0 unspecified atom stereocenters. The van der Waals surface area contributed by atoms with Crippen LogP contribution in [-0.2, 0) is 23.7 Å². The zero-order valence-electron chi connectivity index (χ0n) is 12.1. The van der Waals surface area contributed by atoms with Crippen LogP contribution in [-0.4, -0.2) is 55.9 Å². The molecule has 0 aromatic heterocycles. The van der Waals surface area contributed by atoms with Crippen molar-refractivity contribution >= 4 is 6.41 Å². The second kappa shape index (κ2) is 6.72. The van der Waals surface area contributed by atoms with E-state index in [4.69, 9.17) is 18.9 Å². The number of amides is 1. The minimum Gasteiger partial charge on any atom is -0.388 e. The van der Waals surface area contributed by atoms with Crippen LogP contribution < -0.4 is 5.32 Å². The molecule has 0 spiro atoms. The van der Waals surface area contributed by atoms with Crippen molar-refractivity contribution in [3.63, 3.8) is 0 Å². The van der Waals surface area contributed by atoms with Crippen LogP contribution in [0.5, 0.6) is 0 Å². The normalized spacial score (nSPS) is 38.1. The molecule has 1 aromatic carbocycles. The number of ether oxygens (including phenoxy) is 4. The van der Waals surface area contributed by atoms with E-state index < -0.39 is 36.9 Å². The molecule has 0 radical (unpaired) electrons. The van der Waals surface area contributed by atoms with Crippen LogP contribution in [0.15, 0.2) is 30.3 Å². The predicted molar refractivity (Wildman–Crippen MR) is 74.7 cm³/mol. The molecule has 2 aliphatic heterocycles. The van der Waals surface area contributed by atoms with E-state index >= 15 is 0 Å². The van der Waals surface area contributed by atoms with E-state index in [0.717, 1.165) is 5.56 Å². The highest BCUT2D eigenvalue weighted by molar-refractivity contribution is 5.47. The van der Waals surface area contributed by atoms with Crippen LogP contribution in [0, 0.1) is 0 Å². The molecule has 3 rings (SSSR count). The molecule has 2 saturated heterocycles. The fourth-order valence-electron chi connectivity index (χ4n) is 2.83. The Kier molecular flexibility index (Phi) is 4.70. The number of aliphatic hydroxyl groups excluding tert-OH is 1. The lowest BCUT2D eigenvalue weighted by molar-refractivity contribution is -0.341. The zero-order valence-corrected chi connectivity index (χ0v) is 12.1. The maximum atomic E-state index is 10.7. The fourth-order valence-corrected chi connectivity index (χ4v) is 2.83. The topological polar surface area (TPSA) is 86.2 Å². The monoisotopic (exact) mass is 309 g/mol. The summed E-state index contributed by atoms with van der Waals surface area (Å²) in [5.74, 6) is 0. The van der Waals surface area contributed by atoms with Crippen LogP contribution in [0.1, 0.15) is 11.9 Å². The SMILES string of the molecule is CO[C@@H]1O[C@@H]2CO[C@@H](c3ccccc3)O[C@H]2[C@H](O)[C@H]1NC=O. The van der Waals surface area contributed by atoms with Gasteiger partial charge in [0.25, 0.3) is 0 Å². The quantitative estimate of drug-likeness (QED) is 0.758. The molecule has 1 aromatic rings. The Morgan fingerprint density at radius 1 is 1.32 bits per heavy atom. The number of hydrogen-bond acceptors (Lipinski definition) is 6. The molecule has 0 saturated carbocycles. The van der Waals surface area contributed by atoms with Gasteiger partial charge in [0.05, 0.1) is 6.61 Å². The average Bonchev–Trinajstić information content (AvgIpc) is 2.58. The first-order valence-corrected chi connectivity index (χ1v) is 7.12. The molecule has 2 aliphatic rings. The third-order valence-corrected chi connectivity index (χ3v) is 3.93. The Morgan fingerprint density at radius 3 is 2.77 bits per heavy atom. The maximum Gasteiger partial charge on any atom is 0.207 e. The van der Waals surface area contributed by atoms with Gasteiger partial charge >= 0.3 is 0 Å². The number of carbonyl (C=O) groups is 1. The number of carbonyl (C=O) groups excluding carboxylic acids is 1. The van der Waals surface area contributed by atoms with E-state index in [-0.39, 0.29) is 6.61 Å². The molecular formula is C15H19NO6. The van der Waals surface area contributed by atoms with Crippen molar-refractivity contribution in [2.24, 2.45) is 0 Å². The Bertz CT molecular complexity index is 498. The van der Waals surface area contributed by atoms with Crippen molar-refractivity contribution in [3.8, 4) is 0 Å². The molecule has 120 valence electrons. The number of fused-ring (bicyclic) bond motifs is 1. The van der Waals surface area contributed by atoms with Crippen molar-refractivity contribution in [3.05, 3.63) is 35.9 Å². The Hall–Kier alpha value is -1.51. The van der Waals surface area contributed by atoms with Crippen molar-refractivity contribution in [1.82, 2.24) is 5.32 Å². The number of aliphatic hydroxyl groups is 1. The third-order valence-electron chi connectivity index (χ3n) is 3.93. The smallest absolute Gasteiger partial charge is 0.207 e. The third kappa shape index (κ3) is 2.86. The number of hydrogen-bond donors (Lipinski definition) is 2. The van der Waals surface area contributed by atoms with Crippen molar-refractivity contribution in [1.29, 1.82) is 0 Å². The molecule has 2 heterocycles. The van der Waals surface area contributed by atoms with E-state index in [0.29, 0.717) is 6.41 Å². The highest BCUT2D eigenvalue weighted by atomic mass is 16.7. The van der Waals surface area contributed by atoms with Crippen LogP contribution >= 0.6 is 0 Å². The molecule has 1 amide bonds. The van der Waals surface area contributed by atoms with Gasteiger partial charge in [-0.3, -0.25) is 4.79 Å². The van der Waals surface area contributed by atoms with Crippen LogP contribution in [0.2, 0.25) is 0 Å². The molecule has 22 heavy (non-hydrogen) atoms. The molecule has 2 fully saturated rings. The van der Waals surface area contributed by atoms with Gasteiger partial charge in [0.1, 0.15) is 24.4 Å². The lowest BCUT2D eigenvalue weighted by atomic mass is 9.96. The Labute approximate surface area is 128 Å². The summed E-state index contributed by atoms with van der Waals surface area (Å²) in [4.78, 5) is 10.7. The highest BCUT2D eigenvalue weighted by Crippen LogP contribution is 2.34. The molecule has 7 heteroatoms. The number of rotatable bonds is 4.